The first-order chi connectivity index (χ1) is 16.6. The van der Waals surface area contributed by atoms with Crippen LogP contribution in [0.25, 0.3) is 11.1 Å². The van der Waals surface area contributed by atoms with E-state index in [0.29, 0.717) is 0 Å². The average Bonchev–Trinajstić information content (AvgIpc) is 2.89. The summed E-state index contributed by atoms with van der Waals surface area (Å²) in [6.07, 6.45) is 0. The average molecular weight is 460 g/mol. The normalized spacial score (nSPS) is 15.5. The predicted octanol–water partition coefficient (Wildman–Crippen LogP) is 4.52. The van der Waals surface area contributed by atoms with E-state index in [1.54, 1.807) is 14.2 Å². The molecule has 1 saturated heterocycles. The van der Waals surface area contributed by atoms with Crippen LogP contribution in [-0.2, 0) is 11.3 Å². The summed E-state index contributed by atoms with van der Waals surface area (Å²) >= 11 is 0. The van der Waals surface area contributed by atoms with E-state index in [2.05, 4.69) is 33.3 Å². The monoisotopic (exact) mass is 459 g/mol. The molecule has 0 bridgehead atoms. The maximum atomic E-state index is 13.1. The molecule has 1 aliphatic rings. The number of ether oxygens (including phenoxy) is 2. The Morgan fingerprint density at radius 1 is 0.882 bits per heavy atom. The molecule has 1 atom stereocenters. The van der Waals surface area contributed by atoms with Crippen LogP contribution in [0.4, 0.5) is 5.69 Å². The summed E-state index contributed by atoms with van der Waals surface area (Å²) in [4.78, 5) is 17.8. The number of piperazine rings is 1. The Labute approximate surface area is 202 Å². The molecule has 178 valence electrons. The molecular weight excluding hydrogens is 426 g/mol. The molecule has 0 aliphatic carbocycles. The lowest BCUT2D eigenvalue weighted by Crippen LogP contribution is -2.52. The molecule has 1 N–H and O–H groups in total. The van der Waals surface area contributed by atoms with Gasteiger partial charge in [0, 0.05) is 44.0 Å². The Kier molecular flexibility index (Phi) is 7.83. The van der Waals surface area contributed by atoms with Crippen molar-refractivity contribution >= 4 is 11.6 Å². The van der Waals surface area contributed by atoms with Crippen molar-refractivity contribution in [3.05, 3.63) is 78.4 Å². The van der Waals surface area contributed by atoms with Crippen molar-refractivity contribution in [2.75, 3.05) is 45.7 Å². The van der Waals surface area contributed by atoms with Crippen LogP contribution in [0, 0.1) is 0 Å². The van der Waals surface area contributed by atoms with Crippen LogP contribution in [0.2, 0.25) is 0 Å². The van der Waals surface area contributed by atoms with E-state index in [9.17, 15) is 4.79 Å². The Morgan fingerprint density at radius 2 is 1.56 bits per heavy atom. The van der Waals surface area contributed by atoms with E-state index >= 15 is 0 Å². The second-order valence-corrected chi connectivity index (χ2v) is 8.58. The molecule has 6 heteroatoms. The highest BCUT2D eigenvalue weighted by Gasteiger charge is 2.26. The van der Waals surface area contributed by atoms with Gasteiger partial charge < -0.3 is 14.8 Å². The summed E-state index contributed by atoms with van der Waals surface area (Å²) in [6.45, 7) is 6.35. The van der Waals surface area contributed by atoms with Crippen LogP contribution >= 0.6 is 0 Å². The summed E-state index contributed by atoms with van der Waals surface area (Å²) in [6, 6.07) is 24.0. The van der Waals surface area contributed by atoms with E-state index in [4.69, 9.17) is 9.47 Å². The van der Waals surface area contributed by atoms with Crippen LogP contribution in [0.5, 0.6) is 11.5 Å². The third kappa shape index (κ3) is 5.58. The lowest BCUT2D eigenvalue weighted by atomic mass is 10.0. The maximum absolute atomic E-state index is 13.1. The minimum absolute atomic E-state index is 0.0247. The highest BCUT2D eigenvalue weighted by Crippen LogP contribution is 2.29. The van der Waals surface area contributed by atoms with Gasteiger partial charge in [-0.25, -0.2) is 0 Å². The number of methoxy groups -OCH3 is 2. The molecule has 6 nitrogen and oxygen atoms in total. The molecule has 0 aromatic heterocycles. The van der Waals surface area contributed by atoms with Gasteiger partial charge in [0.25, 0.3) is 0 Å². The highest BCUT2D eigenvalue weighted by atomic mass is 16.5. The number of hydrogen-bond acceptors (Lipinski definition) is 5. The number of nitrogens with zero attached hydrogens (tertiary/aromatic N) is 2. The summed E-state index contributed by atoms with van der Waals surface area (Å²) in [5.74, 6) is 1.51. The van der Waals surface area contributed by atoms with Crippen molar-refractivity contribution in [2.45, 2.75) is 19.5 Å². The zero-order chi connectivity index (χ0) is 23.9. The summed E-state index contributed by atoms with van der Waals surface area (Å²) in [7, 11) is 3.30. The predicted molar refractivity (Wildman–Crippen MR) is 136 cm³/mol. The quantitative estimate of drug-likeness (QED) is 0.537. The topological polar surface area (TPSA) is 54.0 Å². The second kappa shape index (κ2) is 11.2. The molecular formula is C28H33N3O3. The largest absolute Gasteiger partial charge is 0.493 e. The van der Waals surface area contributed by atoms with Crippen molar-refractivity contribution in [1.82, 2.24) is 9.80 Å². The van der Waals surface area contributed by atoms with Crippen molar-refractivity contribution in [1.29, 1.82) is 0 Å². The molecule has 1 heterocycles. The van der Waals surface area contributed by atoms with Crippen LogP contribution in [0.3, 0.4) is 0 Å². The molecule has 4 rings (SSSR count). The zero-order valence-electron chi connectivity index (χ0n) is 20.2. The molecule has 0 saturated carbocycles. The number of carbonyl (C=O) groups excluding carboxylic acids is 1. The van der Waals surface area contributed by atoms with Crippen molar-refractivity contribution in [3.63, 3.8) is 0 Å². The lowest BCUT2D eigenvalue weighted by molar-refractivity contribution is -0.121. The number of anilines is 1. The van der Waals surface area contributed by atoms with Gasteiger partial charge in [-0.2, -0.15) is 0 Å². The summed E-state index contributed by atoms with van der Waals surface area (Å²) in [5.41, 5.74) is 4.16. The Hall–Kier alpha value is -3.35. The van der Waals surface area contributed by atoms with Crippen LogP contribution in [-0.4, -0.2) is 62.1 Å². The Balaban J connectivity index is 1.33. The van der Waals surface area contributed by atoms with Crippen molar-refractivity contribution < 1.29 is 14.3 Å². The molecule has 0 radical (unpaired) electrons. The second-order valence-electron chi connectivity index (χ2n) is 8.58. The maximum Gasteiger partial charge on any atom is 0.241 e. The van der Waals surface area contributed by atoms with Gasteiger partial charge in [0.15, 0.2) is 11.5 Å². The fourth-order valence-electron chi connectivity index (χ4n) is 4.41. The first-order valence-corrected chi connectivity index (χ1v) is 11.7. The van der Waals surface area contributed by atoms with Gasteiger partial charge in [0.1, 0.15) is 0 Å². The first kappa shape index (κ1) is 23.8. The highest BCUT2D eigenvalue weighted by molar-refractivity contribution is 5.98. The lowest BCUT2D eigenvalue weighted by Gasteiger charge is -2.37. The molecule has 0 spiro atoms. The van der Waals surface area contributed by atoms with Gasteiger partial charge in [-0.3, -0.25) is 14.6 Å². The molecule has 3 aromatic carbocycles. The van der Waals surface area contributed by atoms with Gasteiger partial charge in [-0.15, -0.1) is 0 Å². The smallest absolute Gasteiger partial charge is 0.241 e. The first-order valence-electron chi connectivity index (χ1n) is 11.7. The summed E-state index contributed by atoms with van der Waals surface area (Å²) < 4.78 is 10.8. The number of hydrogen-bond donors (Lipinski definition) is 1. The fourth-order valence-corrected chi connectivity index (χ4v) is 4.41. The minimum Gasteiger partial charge on any atom is -0.493 e. The molecule has 3 aromatic rings. The number of para-hydroxylation sites is 1. The van der Waals surface area contributed by atoms with Crippen LogP contribution < -0.4 is 14.8 Å². The number of nitrogens with one attached hydrogen (secondary N) is 1. The Bertz CT molecular complexity index is 1100. The third-order valence-electron chi connectivity index (χ3n) is 6.46. The number of benzene rings is 3. The number of carbonyl (C=O) groups is 1. The third-order valence-corrected chi connectivity index (χ3v) is 6.46. The number of rotatable bonds is 8. The number of amides is 1. The van der Waals surface area contributed by atoms with Crippen LogP contribution in [0.15, 0.2) is 72.8 Å². The van der Waals surface area contributed by atoms with E-state index in [1.165, 1.54) is 5.56 Å². The fraction of sp³-hybridized carbons (Fsp3) is 0.321. The van der Waals surface area contributed by atoms with Gasteiger partial charge in [-0.05, 0) is 36.2 Å². The zero-order valence-corrected chi connectivity index (χ0v) is 20.2. The molecule has 1 aliphatic heterocycles. The molecule has 0 unspecified atom stereocenters. The van der Waals surface area contributed by atoms with Gasteiger partial charge in [-0.1, -0.05) is 54.6 Å². The van der Waals surface area contributed by atoms with E-state index < -0.39 is 0 Å². The van der Waals surface area contributed by atoms with Crippen molar-refractivity contribution in [2.24, 2.45) is 0 Å². The van der Waals surface area contributed by atoms with E-state index in [-0.39, 0.29) is 11.9 Å². The standard InChI is InChI=1S/C28H33N3O3/c1-21(28(32)29-25-12-8-7-11-24(25)23-9-5-4-6-10-23)31-17-15-30(16-18-31)20-22-13-14-26(33-2)27(19-22)34-3/h4-14,19,21H,15-18,20H2,1-3H3,(H,29,32)/t21-/m1/s1. The molecule has 1 fully saturated rings. The van der Waals surface area contributed by atoms with Gasteiger partial charge >= 0.3 is 0 Å². The minimum atomic E-state index is -0.202. The van der Waals surface area contributed by atoms with E-state index in [0.717, 1.165) is 61.0 Å². The molecule has 1 amide bonds. The van der Waals surface area contributed by atoms with E-state index in [1.807, 2.05) is 61.5 Å². The van der Waals surface area contributed by atoms with Crippen molar-refractivity contribution in [3.8, 4) is 22.6 Å². The van der Waals surface area contributed by atoms with Crippen LogP contribution in [0.1, 0.15) is 12.5 Å². The van der Waals surface area contributed by atoms with Gasteiger partial charge in [0.2, 0.25) is 5.91 Å². The SMILES string of the molecule is COc1ccc(CN2CCN([C@H](C)C(=O)Nc3ccccc3-c3ccccc3)CC2)cc1OC. The summed E-state index contributed by atoms with van der Waals surface area (Å²) in [5, 5.41) is 3.16. The Morgan fingerprint density at radius 3 is 2.26 bits per heavy atom. The molecule has 34 heavy (non-hydrogen) atoms. The van der Waals surface area contributed by atoms with Gasteiger partial charge in [0.05, 0.1) is 20.3 Å².